The molecule has 2 atom stereocenters. The molecule has 0 bridgehead atoms. The molecule has 0 radical (unpaired) electrons. The van der Waals surface area contributed by atoms with Crippen LogP contribution in [-0.4, -0.2) is 23.0 Å². The summed E-state index contributed by atoms with van der Waals surface area (Å²) < 4.78 is 0. The highest BCUT2D eigenvalue weighted by molar-refractivity contribution is 5.88. The molecule has 4 nitrogen and oxygen atoms in total. The van der Waals surface area contributed by atoms with E-state index in [0.29, 0.717) is 0 Å². The molecule has 0 aliphatic heterocycles. The van der Waals surface area contributed by atoms with Gasteiger partial charge in [-0.05, 0) is 23.3 Å². The lowest BCUT2D eigenvalue weighted by molar-refractivity contribution is -0.142. The van der Waals surface area contributed by atoms with Gasteiger partial charge in [-0.2, -0.15) is 0 Å². The molecule has 4 heteroatoms. The predicted molar refractivity (Wildman–Crippen MR) is 91.2 cm³/mol. The van der Waals surface area contributed by atoms with Gasteiger partial charge in [-0.25, -0.2) is 4.79 Å². The standard InChI is InChI=1S/C19H21NO3/c1-3-7-13(2)18(21)20-17(19(22)23)12-15-10-6-9-14-8-4-5-11-16(14)15/h3-11,13,17H,12H2,1-2H3,(H,20,21)(H,22,23). The molecule has 120 valence electrons. The van der Waals surface area contributed by atoms with Gasteiger partial charge in [-0.15, -0.1) is 0 Å². The number of carbonyl (C=O) groups is 2. The maximum atomic E-state index is 12.1. The molecule has 1 amide bonds. The van der Waals surface area contributed by atoms with Crippen molar-refractivity contribution in [3.63, 3.8) is 0 Å². The third-order valence-corrected chi connectivity index (χ3v) is 3.81. The zero-order valence-corrected chi connectivity index (χ0v) is 13.3. The van der Waals surface area contributed by atoms with Crippen molar-refractivity contribution in [3.05, 3.63) is 60.2 Å². The van der Waals surface area contributed by atoms with E-state index in [1.54, 1.807) is 19.1 Å². The van der Waals surface area contributed by atoms with E-state index in [1.165, 1.54) is 0 Å². The van der Waals surface area contributed by atoms with E-state index in [9.17, 15) is 14.7 Å². The SMILES string of the molecule is CC=CC(C)C(=O)NC(Cc1cccc2ccccc12)C(=O)O. The van der Waals surface area contributed by atoms with E-state index in [1.807, 2.05) is 49.4 Å². The fourth-order valence-corrected chi connectivity index (χ4v) is 2.57. The lowest BCUT2D eigenvalue weighted by Gasteiger charge is -2.17. The van der Waals surface area contributed by atoms with Crippen molar-refractivity contribution >= 4 is 22.6 Å². The van der Waals surface area contributed by atoms with Gasteiger partial charge in [0.2, 0.25) is 5.91 Å². The van der Waals surface area contributed by atoms with Crippen molar-refractivity contribution in [2.75, 3.05) is 0 Å². The Hall–Kier alpha value is -2.62. The second kappa shape index (κ2) is 7.58. The van der Waals surface area contributed by atoms with Crippen LogP contribution in [0.25, 0.3) is 10.8 Å². The largest absolute Gasteiger partial charge is 0.480 e. The summed E-state index contributed by atoms with van der Waals surface area (Å²) in [5.41, 5.74) is 0.912. The summed E-state index contributed by atoms with van der Waals surface area (Å²) in [5.74, 6) is -1.66. The van der Waals surface area contributed by atoms with E-state index in [2.05, 4.69) is 5.32 Å². The fraction of sp³-hybridized carbons (Fsp3) is 0.263. The second-order valence-corrected chi connectivity index (χ2v) is 5.56. The van der Waals surface area contributed by atoms with Crippen LogP contribution >= 0.6 is 0 Å². The number of rotatable bonds is 6. The van der Waals surface area contributed by atoms with Crippen LogP contribution in [0, 0.1) is 5.92 Å². The number of hydrogen-bond acceptors (Lipinski definition) is 2. The minimum Gasteiger partial charge on any atom is -0.480 e. The van der Waals surface area contributed by atoms with Gasteiger partial charge in [0.15, 0.2) is 0 Å². The van der Waals surface area contributed by atoms with Crippen molar-refractivity contribution < 1.29 is 14.7 Å². The fourth-order valence-electron chi connectivity index (χ4n) is 2.57. The van der Waals surface area contributed by atoms with E-state index in [0.717, 1.165) is 16.3 Å². The van der Waals surface area contributed by atoms with Gasteiger partial charge < -0.3 is 10.4 Å². The molecular weight excluding hydrogens is 290 g/mol. The zero-order chi connectivity index (χ0) is 16.8. The van der Waals surface area contributed by atoms with Gasteiger partial charge in [0.1, 0.15) is 6.04 Å². The third-order valence-electron chi connectivity index (χ3n) is 3.81. The Kier molecular flexibility index (Phi) is 5.52. The van der Waals surface area contributed by atoms with Gasteiger partial charge in [-0.1, -0.05) is 61.5 Å². The van der Waals surface area contributed by atoms with Crippen LogP contribution in [0.4, 0.5) is 0 Å². The minimum atomic E-state index is -1.03. The molecule has 0 saturated carbocycles. The zero-order valence-electron chi connectivity index (χ0n) is 13.3. The van der Waals surface area contributed by atoms with Crippen molar-refractivity contribution in [1.29, 1.82) is 0 Å². The van der Waals surface area contributed by atoms with E-state index < -0.39 is 12.0 Å². The molecular formula is C19H21NO3. The average molecular weight is 311 g/mol. The Labute approximate surface area is 135 Å². The van der Waals surface area contributed by atoms with E-state index in [4.69, 9.17) is 0 Å². The van der Waals surface area contributed by atoms with Gasteiger partial charge in [0.05, 0.1) is 5.92 Å². The molecule has 2 rings (SSSR count). The van der Waals surface area contributed by atoms with Crippen LogP contribution in [0.5, 0.6) is 0 Å². The van der Waals surface area contributed by atoms with Crippen LogP contribution in [0.2, 0.25) is 0 Å². The van der Waals surface area contributed by atoms with Crippen LogP contribution in [0.3, 0.4) is 0 Å². The maximum absolute atomic E-state index is 12.1. The average Bonchev–Trinajstić information content (AvgIpc) is 2.54. The summed E-state index contributed by atoms with van der Waals surface area (Å²) in [6.07, 6.45) is 3.78. The Morgan fingerprint density at radius 3 is 2.57 bits per heavy atom. The van der Waals surface area contributed by atoms with E-state index >= 15 is 0 Å². The molecule has 0 aliphatic rings. The molecule has 0 saturated heterocycles. The number of allylic oxidation sites excluding steroid dienone is 1. The first kappa shape index (κ1) is 16.7. The van der Waals surface area contributed by atoms with Gasteiger partial charge in [-0.3, -0.25) is 4.79 Å². The Bertz CT molecular complexity index is 731. The van der Waals surface area contributed by atoms with Crippen LogP contribution in [0.15, 0.2) is 54.6 Å². The highest BCUT2D eigenvalue weighted by Gasteiger charge is 2.22. The lowest BCUT2D eigenvalue weighted by atomic mass is 9.98. The number of carbonyl (C=O) groups excluding carboxylic acids is 1. The minimum absolute atomic E-state index is 0.255. The van der Waals surface area contributed by atoms with Gasteiger partial charge in [0.25, 0.3) is 0 Å². The van der Waals surface area contributed by atoms with Crippen molar-refractivity contribution in [3.8, 4) is 0 Å². The van der Waals surface area contributed by atoms with Crippen molar-refractivity contribution in [1.82, 2.24) is 5.32 Å². The van der Waals surface area contributed by atoms with Crippen LogP contribution in [-0.2, 0) is 16.0 Å². The van der Waals surface area contributed by atoms with E-state index in [-0.39, 0.29) is 18.2 Å². The lowest BCUT2D eigenvalue weighted by Crippen LogP contribution is -2.44. The summed E-state index contributed by atoms with van der Waals surface area (Å²) in [5, 5.41) is 14.1. The first-order valence-corrected chi connectivity index (χ1v) is 7.65. The summed E-state index contributed by atoms with van der Waals surface area (Å²) in [6.45, 7) is 3.57. The highest BCUT2D eigenvalue weighted by Crippen LogP contribution is 2.20. The number of aliphatic carboxylic acids is 1. The Balaban J connectivity index is 2.22. The highest BCUT2D eigenvalue weighted by atomic mass is 16.4. The number of carboxylic acids is 1. The van der Waals surface area contributed by atoms with Crippen LogP contribution in [0.1, 0.15) is 19.4 Å². The molecule has 23 heavy (non-hydrogen) atoms. The maximum Gasteiger partial charge on any atom is 0.326 e. The summed E-state index contributed by atoms with van der Waals surface area (Å²) >= 11 is 0. The topological polar surface area (TPSA) is 66.4 Å². The normalized spacial score (nSPS) is 13.8. The molecule has 2 aromatic carbocycles. The molecule has 0 heterocycles. The monoisotopic (exact) mass is 311 g/mol. The summed E-state index contributed by atoms with van der Waals surface area (Å²) in [4.78, 5) is 23.6. The molecule has 2 N–H and O–H groups in total. The number of amides is 1. The quantitative estimate of drug-likeness (QED) is 0.805. The first-order valence-electron chi connectivity index (χ1n) is 7.65. The molecule has 2 aromatic rings. The summed E-state index contributed by atoms with van der Waals surface area (Å²) in [7, 11) is 0. The predicted octanol–water partition coefficient (Wildman–Crippen LogP) is 3.16. The van der Waals surface area contributed by atoms with Gasteiger partial charge >= 0.3 is 5.97 Å². The summed E-state index contributed by atoms with van der Waals surface area (Å²) in [6, 6.07) is 12.7. The smallest absolute Gasteiger partial charge is 0.326 e. The Morgan fingerprint density at radius 1 is 1.17 bits per heavy atom. The number of benzene rings is 2. The van der Waals surface area contributed by atoms with Crippen LogP contribution < -0.4 is 5.32 Å². The molecule has 0 aromatic heterocycles. The molecule has 2 unspecified atom stereocenters. The van der Waals surface area contributed by atoms with Crippen molar-refractivity contribution in [2.24, 2.45) is 5.92 Å². The second-order valence-electron chi connectivity index (χ2n) is 5.56. The first-order chi connectivity index (χ1) is 11.0. The number of carboxylic acid groups (broad SMARTS) is 1. The van der Waals surface area contributed by atoms with Crippen molar-refractivity contribution in [2.45, 2.75) is 26.3 Å². The number of nitrogens with one attached hydrogen (secondary N) is 1. The molecule has 0 fully saturated rings. The number of fused-ring (bicyclic) bond motifs is 1. The molecule has 0 spiro atoms. The Morgan fingerprint density at radius 2 is 1.87 bits per heavy atom. The van der Waals surface area contributed by atoms with Gasteiger partial charge in [0, 0.05) is 6.42 Å². The third kappa shape index (κ3) is 4.19. The molecule has 0 aliphatic carbocycles. The number of hydrogen-bond donors (Lipinski definition) is 2.